The summed E-state index contributed by atoms with van der Waals surface area (Å²) < 4.78 is 0. The Balaban J connectivity index is 1.42. The second-order valence-electron chi connectivity index (χ2n) is 6.53. The number of carbonyl (C=O) groups is 1. The maximum atomic E-state index is 12.3. The van der Waals surface area contributed by atoms with Crippen LogP contribution in [0.25, 0.3) is 11.4 Å². The quantitative estimate of drug-likeness (QED) is 0.578. The predicted molar refractivity (Wildman–Crippen MR) is 108 cm³/mol. The highest BCUT2D eigenvalue weighted by molar-refractivity contribution is 6.04. The van der Waals surface area contributed by atoms with E-state index in [-0.39, 0.29) is 5.91 Å². The lowest BCUT2D eigenvalue weighted by Gasteiger charge is -2.06. The maximum Gasteiger partial charge on any atom is 0.255 e. The number of nitrogens with one attached hydrogen (secondary N) is 1. The molecule has 4 aromatic rings. The molecule has 1 aromatic heterocycles. The fraction of sp³-hybridized carbons (Fsp3) is 0.0909. The molecule has 0 aliphatic rings. The van der Waals surface area contributed by atoms with Gasteiger partial charge in [0.1, 0.15) is 0 Å². The molecule has 1 heterocycles. The Bertz CT molecular complexity index is 1070. The molecular formula is C22H19N5O. The van der Waals surface area contributed by atoms with E-state index in [4.69, 9.17) is 0 Å². The Kier molecular flexibility index (Phi) is 4.93. The van der Waals surface area contributed by atoms with Crippen molar-refractivity contribution in [3.05, 3.63) is 95.6 Å². The van der Waals surface area contributed by atoms with E-state index in [0.29, 0.717) is 17.9 Å². The van der Waals surface area contributed by atoms with Crippen LogP contribution in [-0.4, -0.2) is 26.1 Å². The minimum absolute atomic E-state index is 0.140. The van der Waals surface area contributed by atoms with Crippen molar-refractivity contribution < 1.29 is 4.79 Å². The van der Waals surface area contributed by atoms with Crippen molar-refractivity contribution in [1.82, 2.24) is 20.2 Å². The third kappa shape index (κ3) is 4.12. The molecule has 28 heavy (non-hydrogen) atoms. The zero-order chi connectivity index (χ0) is 19.3. The number of tetrazole rings is 1. The first-order valence-corrected chi connectivity index (χ1v) is 8.97. The first kappa shape index (κ1) is 17.6. The summed E-state index contributed by atoms with van der Waals surface area (Å²) >= 11 is 0. The zero-order valence-electron chi connectivity index (χ0n) is 15.4. The molecule has 0 saturated heterocycles. The molecule has 1 N–H and O–H groups in total. The third-order valence-electron chi connectivity index (χ3n) is 4.33. The van der Waals surface area contributed by atoms with Crippen LogP contribution < -0.4 is 5.32 Å². The van der Waals surface area contributed by atoms with Crippen LogP contribution in [0.1, 0.15) is 21.5 Å². The minimum atomic E-state index is -0.140. The summed E-state index contributed by atoms with van der Waals surface area (Å²) in [6, 6.07) is 24.8. The molecule has 0 spiro atoms. The van der Waals surface area contributed by atoms with Crippen molar-refractivity contribution in [1.29, 1.82) is 0 Å². The van der Waals surface area contributed by atoms with Crippen molar-refractivity contribution in [3.63, 3.8) is 0 Å². The van der Waals surface area contributed by atoms with E-state index in [1.165, 1.54) is 5.56 Å². The monoisotopic (exact) mass is 369 g/mol. The maximum absolute atomic E-state index is 12.3. The molecule has 1 amide bonds. The fourth-order valence-corrected chi connectivity index (χ4v) is 2.78. The van der Waals surface area contributed by atoms with Gasteiger partial charge >= 0.3 is 0 Å². The van der Waals surface area contributed by atoms with Gasteiger partial charge in [0.15, 0.2) is 0 Å². The summed E-state index contributed by atoms with van der Waals surface area (Å²) in [6.45, 7) is 2.53. The highest BCUT2D eigenvalue weighted by atomic mass is 16.1. The average molecular weight is 369 g/mol. The molecule has 0 atom stereocenters. The van der Waals surface area contributed by atoms with E-state index in [9.17, 15) is 4.79 Å². The number of hydrogen-bond acceptors (Lipinski definition) is 4. The van der Waals surface area contributed by atoms with Gasteiger partial charge in [-0.3, -0.25) is 4.79 Å². The van der Waals surface area contributed by atoms with Crippen LogP contribution in [0.4, 0.5) is 5.69 Å². The van der Waals surface area contributed by atoms with Crippen LogP contribution in [0.2, 0.25) is 0 Å². The van der Waals surface area contributed by atoms with Gasteiger partial charge in [0.25, 0.3) is 5.91 Å². The van der Waals surface area contributed by atoms with Crippen LogP contribution in [0, 0.1) is 6.92 Å². The molecule has 0 bridgehead atoms. The minimum Gasteiger partial charge on any atom is -0.322 e. The summed E-state index contributed by atoms with van der Waals surface area (Å²) in [7, 11) is 0. The third-order valence-corrected chi connectivity index (χ3v) is 4.33. The van der Waals surface area contributed by atoms with E-state index >= 15 is 0 Å². The summed E-state index contributed by atoms with van der Waals surface area (Å²) in [5.41, 5.74) is 4.48. The SMILES string of the molecule is Cc1ccc(-c2nnn(Cc3ccc(C(=O)Nc4ccccc4)cc3)n2)cc1. The number of amides is 1. The Morgan fingerprint density at radius 1 is 0.929 bits per heavy atom. The number of nitrogens with zero attached hydrogens (tertiary/aromatic N) is 4. The molecular weight excluding hydrogens is 350 g/mol. The van der Waals surface area contributed by atoms with Crippen molar-refractivity contribution in [2.45, 2.75) is 13.5 Å². The lowest BCUT2D eigenvalue weighted by atomic mass is 10.1. The summed E-state index contributed by atoms with van der Waals surface area (Å²) in [6.07, 6.45) is 0. The predicted octanol–water partition coefficient (Wildman–Crippen LogP) is 3.95. The van der Waals surface area contributed by atoms with Gasteiger partial charge in [-0.05, 0) is 42.0 Å². The lowest BCUT2D eigenvalue weighted by Crippen LogP contribution is -2.12. The molecule has 0 aliphatic heterocycles. The van der Waals surface area contributed by atoms with Crippen molar-refractivity contribution in [3.8, 4) is 11.4 Å². The lowest BCUT2D eigenvalue weighted by molar-refractivity contribution is 0.102. The summed E-state index contributed by atoms with van der Waals surface area (Å²) in [5.74, 6) is 0.456. The molecule has 0 unspecified atom stereocenters. The van der Waals surface area contributed by atoms with Crippen LogP contribution in [0.15, 0.2) is 78.9 Å². The molecule has 6 nitrogen and oxygen atoms in total. The number of carbonyl (C=O) groups excluding carboxylic acids is 1. The van der Waals surface area contributed by atoms with Crippen LogP contribution >= 0.6 is 0 Å². The largest absolute Gasteiger partial charge is 0.322 e. The molecule has 138 valence electrons. The standard InChI is InChI=1S/C22H19N5O/c1-16-7-11-18(12-8-16)21-24-26-27(25-21)15-17-9-13-19(14-10-17)22(28)23-20-5-3-2-4-6-20/h2-14H,15H2,1H3,(H,23,28). The molecule has 4 rings (SSSR count). The topological polar surface area (TPSA) is 72.7 Å². The molecule has 0 fully saturated rings. The summed E-state index contributed by atoms with van der Waals surface area (Å²) in [5, 5.41) is 15.6. The smallest absolute Gasteiger partial charge is 0.255 e. The molecule has 0 aliphatic carbocycles. The van der Waals surface area contributed by atoms with Gasteiger partial charge in [-0.15, -0.1) is 10.2 Å². The van der Waals surface area contributed by atoms with Gasteiger partial charge in [0, 0.05) is 16.8 Å². The molecule has 0 radical (unpaired) electrons. The molecule has 3 aromatic carbocycles. The second-order valence-corrected chi connectivity index (χ2v) is 6.53. The number of hydrogen-bond donors (Lipinski definition) is 1. The Morgan fingerprint density at radius 3 is 2.36 bits per heavy atom. The average Bonchev–Trinajstić information content (AvgIpc) is 3.18. The van der Waals surface area contributed by atoms with Crippen LogP contribution in [0.5, 0.6) is 0 Å². The first-order valence-electron chi connectivity index (χ1n) is 8.97. The van der Waals surface area contributed by atoms with E-state index in [0.717, 1.165) is 16.8 Å². The number of anilines is 1. The normalized spacial score (nSPS) is 10.6. The van der Waals surface area contributed by atoms with Crippen LogP contribution in [-0.2, 0) is 6.54 Å². The van der Waals surface area contributed by atoms with Crippen molar-refractivity contribution >= 4 is 11.6 Å². The Morgan fingerprint density at radius 2 is 1.64 bits per heavy atom. The van der Waals surface area contributed by atoms with Gasteiger partial charge in [0.2, 0.25) is 5.82 Å². The Labute approximate surface area is 162 Å². The highest BCUT2D eigenvalue weighted by Gasteiger charge is 2.08. The van der Waals surface area contributed by atoms with E-state index < -0.39 is 0 Å². The first-order chi connectivity index (χ1) is 13.7. The van der Waals surface area contributed by atoms with E-state index in [2.05, 4.69) is 20.7 Å². The summed E-state index contributed by atoms with van der Waals surface area (Å²) in [4.78, 5) is 13.9. The Hall–Kier alpha value is -3.80. The van der Waals surface area contributed by atoms with E-state index in [1.807, 2.05) is 73.7 Å². The number of aromatic nitrogens is 4. The number of benzene rings is 3. The van der Waals surface area contributed by atoms with Crippen LogP contribution in [0.3, 0.4) is 0 Å². The van der Waals surface area contributed by atoms with Gasteiger partial charge in [-0.2, -0.15) is 4.80 Å². The molecule has 0 saturated carbocycles. The number of para-hydroxylation sites is 1. The number of rotatable bonds is 5. The van der Waals surface area contributed by atoms with E-state index in [1.54, 1.807) is 16.9 Å². The van der Waals surface area contributed by atoms with Gasteiger partial charge in [-0.1, -0.05) is 60.2 Å². The van der Waals surface area contributed by atoms with Gasteiger partial charge in [-0.25, -0.2) is 0 Å². The highest BCUT2D eigenvalue weighted by Crippen LogP contribution is 2.15. The van der Waals surface area contributed by atoms with Crippen molar-refractivity contribution in [2.75, 3.05) is 5.32 Å². The van der Waals surface area contributed by atoms with Gasteiger partial charge < -0.3 is 5.32 Å². The number of aryl methyl sites for hydroxylation is 1. The zero-order valence-corrected chi connectivity index (χ0v) is 15.4. The molecule has 6 heteroatoms. The second kappa shape index (κ2) is 7.84. The fourth-order valence-electron chi connectivity index (χ4n) is 2.78. The van der Waals surface area contributed by atoms with Crippen molar-refractivity contribution in [2.24, 2.45) is 0 Å². The van der Waals surface area contributed by atoms with Gasteiger partial charge in [0.05, 0.1) is 6.54 Å².